The molecule has 10 rings (SSSR count). The minimum atomic E-state index is -0.973. The predicted octanol–water partition coefficient (Wildman–Crippen LogP) is 4.40. The number of piperidine rings is 3. The monoisotopic (exact) mass is 798 g/mol. The molecular weight excluding hydrogens is 756 g/mol. The van der Waals surface area contributed by atoms with Crippen LogP contribution in [0.5, 0.6) is 11.5 Å². The second-order valence-electron chi connectivity index (χ2n) is 16.1. The van der Waals surface area contributed by atoms with Gasteiger partial charge in [0, 0.05) is 69.0 Å². The lowest BCUT2D eigenvalue weighted by Gasteiger charge is -2.50. The number of benzene rings is 3. The maximum absolute atomic E-state index is 14.2. The molecule has 0 bridgehead atoms. The molecule has 1 atom stereocenters. The van der Waals surface area contributed by atoms with Crippen LogP contribution in [-0.4, -0.2) is 115 Å². The number of fused-ring (bicyclic) bond motifs is 2. The number of nitrogens with one attached hydrogen (secondary N) is 1. The minimum Gasteiger partial charge on any atom is -0.454 e. The Labute approximate surface area is 338 Å². The van der Waals surface area contributed by atoms with Crippen LogP contribution in [0.25, 0.3) is 22.3 Å². The fourth-order valence-electron chi connectivity index (χ4n) is 9.45. The van der Waals surface area contributed by atoms with Crippen molar-refractivity contribution in [2.75, 3.05) is 49.9 Å². The van der Waals surface area contributed by atoms with Gasteiger partial charge in [0.25, 0.3) is 11.8 Å². The number of carbonyl (C=O) groups is 4. The van der Waals surface area contributed by atoms with Gasteiger partial charge >= 0.3 is 0 Å². The summed E-state index contributed by atoms with van der Waals surface area (Å²) in [6.07, 6.45) is 5.79. The molecule has 5 aliphatic heterocycles. The van der Waals surface area contributed by atoms with Gasteiger partial charge in [0.1, 0.15) is 29.6 Å². The first-order valence-electron chi connectivity index (χ1n) is 20.3. The van der Waals surface area contributed by atoms with Gasteiger partial charge in [-0.2, -0.15) is 5.10 Å². The third-order valence-electron chi connectivity index (χ3n) is 12.7. The Morgan fingerprint density at radius 1 is 0.763 bits per heavy atom. The van der Waals surface area contributed by atoms with Crippen molar-refractivity contribution < 1.29 is 28.3 Å². The number of ether oxygens (including phenoxy) is 1. The molecule has 7 heterocycles. The van der Waals surface area contributed by atoms with E-state index in [4.69, 9.17) is 15.6 Å². The zero-order valence-corrected chi connectivity index (χ0v) is 32.3. The zero-order valence-electron chi connectivity index (χ0n) is 32.3. The Balaban J connectivity index is 0.733. The van der Waals surface area contributed by atoms with Crippen LogP contribution >= 0.6 is 0 Å². The van der Waals surface area contributed by atoms with E-state index in [2.05, 4.69) is 30.0 Å². The van der Waals surface area contributed by atoms with E-state index < -0.39 is 35.5 Å². The highest BCUT2D eigenvalue weighted by Gasteiger charge is 2.45. The molecule has 3 N–H and O–H groups in total. The molecule has 0 radical (unpaired) electrons. The predicted molar refractivity (Wildman–Crippen MR) is 215 cm³/mol. The number of anilines is 2. The van der Waals surface area contributed by atoms with E-state index in [1.165, 1.54) is 12.4 Å². The molecule has 15 nitrogen and oxygen atoms in total. The lowest BCUT2D eigenvalue weighted by molar-refractivity contribution is -0.136. The molecule has 2 aromatic heterocycles. The first kappa shape index (κ1) is 37.0. The maximum Gasteiger partial charge on any atom is 0.262 e. The highest BCUT2D eigenvalue weighted by atomic mass is 19.1. The molecule has 0 aliphatic carbocycles. The molecule has 1 unspecified atom stereocenters. The van der Waals surface area contributed by atoms with Crippen molar-refractivity contribution >= 4 is 46.2 Å². The molecule has 4 amide bonds. The van der Waals surface area contributed by atoms with Gasteiger partial charge in [0.15, 0.2) is 17.2 Å². The Morgan fingerprint density at radius 2 is 1.46 bits per heavy atom. The Hall–Kier alpha value is -6.26. The van der Waals surface area contributed by atoms with E-state index in [9.17, 15) is 23.6 Å². The van der Waals surface area contributed by atoms with Gasteiger partial charge in [-0.15, -0.1) is 0 Å². The second kappa shape index (κ2) is 14.8. The molecular formula is C43H43FN10O5. The van der Waals surface area contributed by atoms with Gasteiger partial charge in [-0.25, -0.2) is 19.0 Å². The summed E-state index contributed by atoms with van der Waals surface area (Å²) in [5.74, 6) is -1.35. The van der Waals surface area contributed by atoms with Gasteiger partial charge in [0.05, 0.1) is 22.6 Å². The summed E-state index contributed by atoms with van der Waals surface area (Å²) in [4.78, 5) is 67.9. The van der Waals surface area contributed by atoms with Crippen LogP contribution in [0, 0.1) is 5.82 Å². The summed E-state index contributed by atoms with van der Waals surface area (Å²) in [6.45, 7) is 5.66. The first-order valence-corrected chi connectivity index (χ1v) is 20.3. The molecule has 4 saturated heterocycles. The van der Waals surface area contributed by atoms with Gasteiger partial charge in [0.2, 0.25) is 11.8 Å². The number of rotatable bonds is 8. The van der Waals surface area contributed by atoms with Crippen LogP contribution in [-0.2, 0) is 9.59 Å². The average Bonchev–Trinajstić information content (AvgIpc) is 3.74. The van der Waals surface area contributed by atoms with Crippen LogP contribution in [0.4, 0.5) is 15.9 Å². The largest absolute Gasteiger partial charge is 0.454 e. The quantitative estimate of drug-likeness (QED) is 0.213. The summed E-state index contributed by atoms with van der Waals surface area (Å²) in [5, 5.41) is 8.04. The smallest absolute Gasteiger partial charge is 0.262 e. The average molecular weight is 799 g/mol. The summed E-state index contributed by atoms with van der Waals surface area (Å²) < 4.78 is 22.0. The number of nitrogens with zero attached hydrogens (tertiary/aromatic N) is 8. The summed E-state index contributed by atoms with van der Waals surface area (Å²) in [7, 11) is 0. The first-order chi connectivity index (χ1) is 28.7. The van der Waals surface area contributed by atoms with Gasteiger partial charge in [-0.1, -0.05) is 12.1 Å². The fourth-order valence-corrected chi connectivity index (χ4v) is 9.45. The minimum absolute atomic E-state index is 0.0914. The van der Waals surface area contributed by atoms with Crippen LogP contribution in [0.3, 0.4) is 0 Å². The standard InChI is InChI=1S/C43H43FN10O5/c44-33-3-1-2-4-35(33)59-30-8-5-25(6-9-30)38-37-39(45)46-24-47-40(37)54(49-38)27-15-19-50(20-16-27)26-13-17-51(18-14-26)29-22-52(23-29)28-7-10-31-32(21-28)43(58)53(42(31)57)34-11-12-36(55)48-41(34)56/h1-10,21,24,26-27,29,34H,11-20,22-23H2,(H2,45,46,47)(H,48,55,56). The van der Waals surface area contributed by atoms with Crippen molar-refractivity contribution in [3.63, 3.8) is 0 Å². The normalized spacial score (nSPS) is 21.3. The number of hydrogen-bond donors (Lipinski definition) is 2. The zero-order chi connectivity index (χ0) is 40.4. The van der Waals surface area contributed by atoms with Crippen LogP contribution in [0.1, 0.15) is 65.3 Å². The van der Waals surface area contributed by atoms with E-state index in [0.29, 0.717) is 40.5 Å². The van der Waals surface area contributed by atoms with Crippen molar-refractivity contribution in [2.45, 2.75) is 62.7 Å². The molecule has 0 spiro atoms. The van der Waals surface area contributed by atoms with Crippen molar-refractivity contribution in [3.05, 3.63) is 90.0 Å². The van der Waals surface area contributed by atoms with E-state index in [0.717, 1.165) is 92.1 Å². The van der Waals surface area contributed by atoms with Crippen molar-refractivity contribution in [1.29, 1.82) is 0 Å². The number of carbonyl (C=O) groups excluding carboxylic acids is 4. The number of para-hydroxylation sites is 1. The third-order valence-corrected chi connectivity index (χ3v) is 12.7. The number of aromatic nitrogens is 4. The summed E-state index contributed by atoms with van der Waals surface area (Å²) in [6, 6.07) is 19.1. The highest BCUT2D eigenvalue weighted by molar-refractivity contribution is 6.23. The number of nitrogens with two attached hydrogens (primary N) is 1. The van der Waals surface area contributed by atoms with Gasteiger partial charge < -0.3 is 20.3 Å². The Morgan fingerprint density at radius 3 is 2.19 bits per heavy atom. The number of halogens is 1. The van der Waals surface area contributed by atoms with E-state index in [1.54, 1.807) is 42.5 Å². The highest BCUT2D eigenvalue weighted by Crippen LogP contribution is 2.37. The molecule has 3 aromatic carbocycles. The van der Waals surface area contributed by atoms with Gasteiger partial charge in [-0.3, -0.25) is 34.3 Å². The molecule has 302 valence electrons. The Kier molecular flexibility index (Phi) is 9.32. The SMILES string of the molecule is Nc1ncnc2c1c(-c1ccc(Oc3ccccc3F)cc1)nn2C1CCN(C2CCN(C3CN(c4ccc5c(c4)C(=O)N(C4CCC(=O)NC4=O)C5=O)C3)CC2)CC1. The molecule has 16 heteroatoms. The number of likely N-dealkylation sites (tertiary alicyclic amines) is 2. The Bertz CT molecular complexity index is 2490. The van der Waals surface area contributed by atoms with Crippen LogP contribution < -0.4 is 20.7 Å². The molecule has 0 saturated carbocycles. The molecule has 5 aromatic rings. The second-order valence-corrected chi connectivity index (χ2v) is 16.1. The summed E-state index contributed by atoms with van der Waals surface area (Å²) >= 11 is 0. The van der Waals surface area contributed by atoms with Crippen LogP contribution in [0.2, 0.25) is 0 Å². The van der Waals surface area contributed by atoms with Crippen molar-refractivity contribution in [2.24, 2.45) is 0 Å². The number of imide groups is 2. The molecule has 59 heavy (non-hydrogen) atoms. The van der Waals surface area contributed by atoms with Crippen LogP contribution in [0.15, 0.2) is 73.1 Å². The lowest BCUT2D eigenvalue weighted by Crippen LogP contribution is -2.62. The van der Waals surface area contributed by atoms with E-state index in [1.807, 2.05) is 22.9 Å². The molecule has 4 fully saturated rings. The van der Waals surface area contributed by atoms with Crippen molar-refractivity contribution in [3.8, 4) is 22.8 Å². The number of nitrogen functional groups attached to an aromatic ring is 1. The third kappa shape index (κ3) is 6.65. The maximum atomic E-state index is 14.2. The van der Waals surface area contributed by atoms with E-state index >= 15 is 0 Å². The fraction of sp³-hybridized carbons (Fsp3) is 0.372. The number of hydrogen-bond acceptors (Lipinski definition) is 12. The molecule has 5 aliphatic rings. The topological polar surface area (TPSA) is 172 Å². The number of amides is 4. The van der Waals surface area contributed by atoms with E-state index in [-0.39, 0.29) is 24.6 Å². The van der Waals surface area contributed by atoms with Crippen molar-refractivity contribution in [1.82, 2.24) is 39.8 Å². The summed E-state index contributed by atoms with van der Waals surface area (Å²) in [5.41, 5.74) is 10.2. The van der Waals surface area contributed by atoms with Gasteiger partial charge in [-0.05, 0) is 86.7 Å². The lowest BCUT2D eigenvalue weighted by atomic mass is 9.95.